The number of hydrogen-bond acceptors (Lipinski definition) is 4. The summed E-state index contributed by atoms with van der Waals surface area (Å²) < 4.78 is 14.7. The molecule has 1 aliphatic rings. The molecule has 2 heterocycles. The molecular weight excluding hydrogens is 257 g/mol. The van der Waals surface area contributed by atoms with Crippen LogP contribution in [-0.2, 0) is 0 Å². The summed E-state index contributed by atoms with van der Waals surface area (Å²) in [7, 11) is 0. The number of anilines is 1. The molecule has 5 nitrogen and oxygen atoms in total. The van der Waals surface area contributed by atoms with Crippen molar-refractivity contribution in [1.82, 2.24) is 14.6 Å². The quantitative estimate of drug-likeness (QED) is 0.926. The summed E-state index contributed by atoms with van der Waals surface area (Å²) in [4.78, 5) is 6.71. The Balaban J connectivity index is 1.94. The molecule has 2 unspecified atom stereocenters. The summed E-state index contributed by atoms with van der Waals surface area (Å²) in [6, 6.07) is 3.45. The maximum atomic E-state index is 13.2. The third-order valence-electron chi connectivity index (χ3n) is 4.20. The third-order valence-corrected chi connectivity index (χ3v) is 4.20. The van der Waals surface area contributed by atoms with Gasteiger partial charge in [-0.1, -0.05) is 6.42 Å². The molecule has 0 bridgehead atoms. The Bertz CT molecular complexity index is 596. The van der Waals surface area contributed by atoms with E-state index in [2.05, 4.69) is 21.9 Å². The van der Waals surface area contributed by atoms with E-state index >= 15 is 0 Å². The van der Waals surface area contributed by atoms with Crippen LogP contribution in [0.5, 0.6) is 0 Å². The number of nitrogens with zero attached hydrogens (tertiary/aromatic N) is 4. The molecule has 0 amide bonds. The van der Waals surface area contributed by atoms with E-state index in [-0.39, 0.29) is 5.82 Å². The van der Waals surface area contributed by atoms with Crippen molar-refractivity contribution in [2.45, 2.75) is 32.2 Å². The first-order chi connectivity index (χ1) is 9.72. The number of fused-ring (bicyclic) bond motifs is 1. The van der Waals surface area contributed by atoms with Crippen molar-refractivity contribution in [3.63, 3.8) is 0 Å². The fourth-order valence-electron chi connectivity index (χ4n) is 3.19. The number of aromatic nitrogens is 3. The second-order valence-corrected chi connectivity index (χ2v) is 5.34. The van der Waals surface area contributed by atoms with E-state index in [0.29, 0.717) is 30.1 Å². The molecule has 0 aromatic carbocycles. The zero-order chi connectivity index (χ0) is 14.1. The van der Waals surface area contributed by atoms with Gasteiger partial charge in [0, 0.05) is 12.6 Å². The van der Waals surface area contributed by atoms with Gasteiger partial charge in [0.05, 0.1) is 6.20 Å². The third kappa shape index (κ3) is 2.24. The summed E-state index contributed by atoms with van der Waals surface area (Å²) in [5.74, 6) is 0.861. The molecule has 2 N–H and O–H groups in total. The maximum absolute atomic E-state index is 13.2. The van der Waals surface area contributed by atoms with E-state index in [0.717, 1.165) is 13.0 Å². The zero-order valence-corrected chi connectivity index (χ0v) is 11.7. The molecule has 0 saturated heterocycles. The van der Waals surface area contributed by atoms with E-state index in [1.807, 2.05) is 0 Å². The van der Waals surface area contributed by atoms with Gasteiger partial charge in [0.1, 0.15) is 5.82 Å². The van der Waals surface area contributed by atoms with Gasteiger partial charge < -0.3 is 10.6 Å². The molecule has 3 rings (SSSR count). The van der Waals surface area contributed by atoms with Gasteiger partial charge in [-0.2, -0.15) is 4.98 Å². The topological polar surface area (TPSA) is 59.5 Å². The average molecular weight is 277 g/mol. The van der Waals surface area contributed by atoms with Crippen LogP contribution in [0.2, 0.25) is 0 Å². The van der Waals surface area contributed by atoms with Gasteiger partial charge in [-0.05, 0) is 44.4 Å². The summed E-state index contributed by atoms with van der Waals surface area (Å²) in [5, 5.41) is 4.41. The van der Waals surface area contributed by atoms with Crippen LogP contribution in [0.3, 0.4) is 0 Å². The molecule has 1 saturated carbocycles. The first-order valence-electron chi connectivity index (χ1n) is 7.21. The van der Waals surface area contributed by atoms with Crippen molar-refractivity contribution in [3.05, 3.63) is 24.1 Å². The number of pyridine rings is 1. The normalized spacial score (nSPS) is 22.6. The molecule has 20 heavy (non-hydrogen) atoms. The lowest BCUT2D eigenvalue weighted by Crippen LogP contribution is -2.41. The Morgan fingerprint density at radius 3 is 3.05 bits per heavy atom. The lowest BCUT2D eigenvalue weighted by Gasteiger charge is -2.30. The highest BCUT2D eigenvalue weighted by atomic mass is 19.1. The van der Waals surface area contributed by atoms with Gasteiger partial charge in [0.15, 0.2) is 5.65 Å². The van der Waals surface area contributed by atoms with Crippen LogP contribution in [0.4, 0.5) is 10.3 Å². The summed E-state index contributed by atoms with van der Waals surface area (Å²) in [5.41, 5.74) is 6.54. The van der Waals surface area contributed by atoms with Gasteiger partial charge >= 0.3 is 0 Å². The van der Waals surface area contributed by atoms with Crippen LogP contribution in [-0.4, -0.2) is 33.7 Å². The minimum atomic E-state index is -0.308. The summed E-state index contributed by atoms with van der Waals surface area (Å²) in [6.07, 6.45) is 4.85. The van der Waals surface area contributed by atoms with E-state index in [4.69, 9.17) is 5.73 Å². The predicted octanol–water partition coefficient (Wildman–Crippen LogP) is 1.82. The minimum absolute atomic E-state index is 0.308. The molecule has 2 aromatic heterocycles. The van der Waals surface area contributed by atoms with E-state index in [1.54, 1.807) is 6.07 Å². The SMILES string of the molecule is CCN(c1nc2ccc(F)cn2n1)C1CCCC1CN. The highest BCUT2D eigenvalue weighted by molar-refractivity contribution is 5.45. The molecule has 0 aliphatic heterocycles. The van der Waals surface area contributed by atoms with Crippen LogP contribution in [0.25, 0.3) is 5.65 Å². The van der Waals surface area contributed by atoms with Gasteiger partial charge in [-0.15, -0.1) is 5.10 Å². The van der Waals surface area contributed by atoms with Gasteiger partial charge in [0.25, 0.3) is 0 Å². The number of rotatable bonds is 4. The Hall–Kier alpha value is -1.69. The predicted molar refractivity (Wildman–Crippen MR) is 76.1 cm³/mol. The van der Waals surface area contributed by atoms with Crippen molar-refractivity contribution < 1.29 is 4.39 Å². The molecule has 108 valence electrons. The Morgan fingerprint density at radius 1 is 1.45 bits per heavy atom. The van der Waals surface area contributed by atoms with Crippen LogP contribution in [0.15, 0.2) is 18.3 Å². The van der Waals surface area contributed by atoms with Gasteiger partial charge in [-0.25, -0.2) is 8.91 Å². The second-order valence-electron chi connectivity index (χ2n) is 5.34. The van der Waals surface area contributed by atoms with Crippen LogP contribution in [0.1, 0.15) is 26.2 Å². The fourth-order valence-corrected chi connectivity index (χ4v) is 3.19. The van der Waals surface area contributed by atoms with Crippen LogP contribution >= 0.6 is 0 Å². The fraction of sp³-hybridized carbons (Fsp3) is 0.571. The van der Waals surface area contributed by atoms with Gasteiger partial charge in [0.2, 0.25) is 5.95 Å². The molecule has 0 spiro atoms. The Labute approximate surface area is 117 Å². The highest BCUT2D eigenvalue weighted by Crippen LogP contribution is 2.31. The largest absolute Gasteiger partial charge is 0.336 e. The minimum Gasteiger partial charge on any atom is -0.336 e. The second kappa shape index (κ2) is 5.36. The van der Waals surface area contributed by atoms with E-state index in [1.165, 1.54) is 29.6 Å². The monoisotopic (exact) mass is 277 g/mol. The lowest BCUT2D eigenvalue weighted by molar-refractivity contribution is 0.456. The highest BCUT2D eigenvalue weighted by Gasteiger charge is 2.32. The van der Waals surface area contributed by atoms with Crippen LogP contribution < -0.4 is 10.6 Å². The molecule has 2 aromatic rings. The first kappa shape index (κ1) is 13.3. The molecule has 2 atom stereocenters. The maximum Gasteiger partial charge on any atom is 0.245 e. The Morgan fingerprint density at radius 2 is 2.30 bits per heavy atom. The average Bonchev–Trinajstić information content (AvgIpc) is 3.05. The lowest BCUT2D eigenvalue weighted by atomic mass is 10.0. The molecule has 6 heteroatoms. The zero-order valence-electron chi connectivity index (χ0n) is 11.7. The number of hydrogen-bond donors (Lipinski definition) is 1. The number of halogens is 1. The molecule has 0 radical (unpaired) electrons. The Kier molecular flexibility index (Phi) is 3.56. The first-order valence-corrected chi connectivity index (χ1v) is 7.21. The summed E-state index contributed by atoms with van der Waals surface area (Å²) >= 11 is 0. The standard InChI is InChI=1S/C14H20FN5/c1-2-19(12-5-3-4-10(12)8-16)14-17-13-7-6-11(15)9-20(13)18-14/h6-7,9-10,12H,2-5,8,16H2,1H3. The van der Waals surface area contributed by atoms with Crippen molar-refractivity contribution >= 4 is 11.6 Å². The number of nitrogens with two attached hydrogens (primary N) is 1. The van der Waals surface area contributed by atoms with E-state index in [9.17, 15) is 4.39 Å². The van der Waals surface area contributed by atoms with E-state index < -0.39 is 0 Å². The summed E-state index contributed by atoms with van der Waals surface area (Å²) in [6.45, 7) is 3.63. The van der Waals surface area contributed by atoms with Gasteiger partial charge in [-0.3, -0.25) is 0 Å². The van der Waals surface area contributed by atoms with Crippen molar-refractivity contribution in [3.8, 4) is 0 Å². The van der Waals surface area contributed by atoms with Crippen molar-refractivity contribution in [1.29, 1.82) is 0 Å². The van der Waals surface area contributed by atoms with Crippen molar-refractivity contribution in [2.24, 2.45) is 11.7 Å². The van der Waals surface area contributed by atoms with Crippen molar-refractivity contribution in [2.75, 3.05) is 18.0 Å². The molecular formula is C14H20FN5. The molecule has 1 aliphatic carbocycles. The smallest absolute Gasteiger partial charge is 0.245 e. The molecule has 1 fully saturated rings. The van der Waals surface area contributed by atoms with Crippen LogP contribution in [0, 0.1) is 11.7 Å².